The van der Waals surface area contributed by atoms with Gasteiger partial charge in [0.05, 0.1) is 0 Å². The van der Waals surface area contributed by atoms with Gasteiger partial charge in [0.15, 0.2) is 15.8 Å². The number of rotatable bonds is 6. The molecule has 3 rings (SSSR count). The zero-order chi connectivity index (χ0) is 14.3. The molecule has 6 nitrogen and oxygen atoms in total. The van der Waals surface area contributed by atoms with Crippen molar-refractivity contribution >= 4 is 32.1 Å². The van der Waals surface area contributed by atoms with E-state index in [2.05, 4.69) is 21.9 Å². The maximum absolute atomic E-state index is 12.5. The summed E-state index contributed by atoms with van der Waals surface area (Å²) in [6.07, 6.45) is 2.84. The third-order valence-electron chi connectivity index (χ3n) is 3.63. The Morgan fingerprint density at radius 3 is 2.95 bits per heavy atom. The van der Waals surface area contributed by atoms with E-state index in [1.165, 1.54) is 11.3 Å². The van der Waals surface area contributed by atoms with Gasteiger partial charge in [-0.25, -0.2) is 18.1 Å². The summed E-state index contributed by atoms with van der Waals surface area (Å²) in [5, 5.41) is 5.07. The topological polar surface area (TPSA) is 75.5 Å². The number of nitrogens with zero attached hydrogens (tertiary/aromatic N) is 2. The van der Waals surface area contributed by atoms with E-state index in [-0.39, 0.29) is 5.03 Å². The van der Waals surface area contributed by atoms with Crippen molar-refractivity contribution < 1.29 is 8.42 Å². The lowest BCUT2D eigenvalue weighted by molar-refractivity contribution is 0.570. The Kier molecular flexibility index (Phi) is 3.47. The molecule has 0 amide bonds. The largest absolute Gasteiger partial charge is 0.368 e. The van der Waals surface area contributed by atoms with Gasteiger partial charge in [0.2, 0.25) is 0 Å². The highest BCUT2D eigenvalue weighted by Gasteiger charge is 2.34. The number of imidazole rings is 1. The van der Waals surface area contributed by atoms with Gasteiger partial charge in [-0.05, 0) is 25.2 Å². The number of sulfonamides is 1. The van der Waals surface area contributed by atoms with E-state index >= 15 is 0 Å². The van der Waals surface area contributed by atoms with Crippen molar-refractivity contribution in [3.63, 3.8) is 0 Å². The molecule has 2 aromatic heterocycles. The van der Waals surface area contributed by atoms with Crippen LogP contribution < -0.4 is 10.0 Å². The van der Waals surface area contributed by atoms with Crippen LogP contribution in [0.2, 0.25) is 0 Å². The van der Waals surface area contributed by atoms with E-state index in [1.54, 1.807) is 10.6 Å². The first-order valence-corrected chi connectivity index (χ1v) is 9.08. The summed E-state index contributed by atoms with van der Waals surface area (Å²) in [4.78, 5) is 5.02. The van der Waals surface area contributed by atoms with Crippen LogP contribution in [0.25, 0.3) is 4.96 Å². The van der Waals surface area contributed by atoms with Crippen LogP contribution in [-0.4, -0.2) is 30.9 Å². The van der Waals surface area contributed by atoms with E-state index in [0.717, 1.165) is 6.42 Å². The molecule has 2 atom stereocenters. The summed E-state index contributed by atoms with van der Waals surface area (Å²) in [5.41, 5.74) is 0. The molecule has 0 bridgehead atoms. The summed E-state index contributed by atoms with van der Waals surface area (Å²) >= 11 is 1.42. The normalized spacial score (nSPS) is 22.3. The van der Waals surface area contributed by atoms with E-state index in [0.29, 0.717) is 35.7 Å². The molecule has 2 heterocycles. The first-order valence-electron chi connectivity index (χ1n) is 6.72. The Hall–Kier alpha value is -1.12. The van der Waals surface area contributed by atoms with Crippen LogP contribution in [0.1, 0.15) is 20.3 Å². The average molecular weight is 314 g/mol. The monoisotopic (exact) mass is 314 g/mol. The Bertz CT molecular complexity index is 719. The third-order valence-corrected chi connectivity index (χ3v) is 5.83. The molecule has 2 N–H and O–H groups in total. The Balaban J connectivity index is 1.93. The summed E-state index contributed by atoms with van der Waals surface area (Å²) in [6, 6.07) is 0. The zero-order valence-corrected chi connectivity index (χ0v) is 13.1. The molecule has 0 aromatic carbocycles. The minimum Gasteiger partial charge on any atom is -0.368 e. The number of aromatic nitrogens is 2. The lowest BCUT2D eigenvalue weighted by Gasteiger charge is -2.08. The highest BCUT2D eigenvalue weighted by Crippen LogP contribution is 2.37. The quantitative estimate of drug-likeness (QED) is 0.852. The molecular weight excluding hydrogens is 296 g/mol. The van der Waals surface area contributed by atoms with Crippen molar-refractivity contribution in [1.29, 1.82) is 0 Å². The van der Waals surface area contributed by atoms with Crippen LogP contribution in [0.4, 0.5) is 5.82 Å². The van der Waals surface area contributed by atoms with E-state index < -0.39 is 10.0 Å². The molecule has 20 heavy (non-hydrogen) atoms. The molecule has 0 aliphatic heterocycles. The van der Waals surface area contributed by atoms with Crippen LogP contribution in [0.5, 0.6) is 0 Å². The fourth-order valence-electron chi connectivity index (χ4n) is 2.27. The van der Waals surface area contributed by atoms with Gasteiger partial charge in [-0.2, -0.15) is 0 Å². The predicted molar refractivity (Wildman–Crippen MR) is 79.7 cm³/mol. The number of anilines is 1. The van der Waals surface area contributed by atoms with Gasteiger partial charge >= 0.3 is 0 Å². The number of fused-ring (bicyclic) bond motifs is 1. The fraction of sp³-hybridized carbons (Fsp3) is 0.583. The highest BCUT2D eigenvalue weighted by molar-refractivity contribution is 7.89. The maximum atomic E-state index is 12.5. The lowest BCUT2D eigenvalue weighted by atomic mass is 10.3. The fourth-order valence-corrected chi connectivity index (χ4v) is 4.39. The highest BCUT2D eigenvalue weighted by atomic mass is 32.2. The number of nitrogens with one attached hydrogen (secondary N) is 2. The molecule has 110 valence electrons. The van der Waals surface area contributed by atoms with Gasteiger partial charge in [0.1, 0.15) is 0 Å². The van der Waals surface area contributed by atoms with Gasteiger partial charge < -0.3 is 5.32 Å². The Labute approximate surface area is 122 Å². The summed E-state index contributed by atoms with van der Waals surface area (Å²) in [7, 11) is -3.55. The summed E-state index contributed by atoms with van der Waals surface area (Å²) < 4.78 is 29.4. The first kappa shape index (κ1) is 13.8. The maximum Gasteiger partial charge on any atom is 0.260 e. The molecule has 1 aliphatic rings. The molecule has 8 heteroatoms. The third kappa shape index (κ3) is 2.43. The molecule has 1 fully saturated rings. The van der Waals surface area contributed by atoms with Crippen molar-refractivity contribution in [2.45, 2.75) is 25.3 Å². The number of thiazole rings is 1. The molecular formula is C12H18N4O2S2. The Morgan fingerprint density at radius 2 is 2.30 bits per heavy atom. The second-order valence-corrected chi connectivity index (χ2v) is 7.73. The predicted octanol–water partition coefficient (Wildman–Crippen LogP) is 1.76. The number of hydrogen-bond donors (Lipinski definition) is 2. The molecule has 0 spiro atoms. The smallest absolute Gasteiger partial charge is 0.260 e. The first-order chi connectivity index (χ1) is 9.53. The standard InChI is InChI=1S/C12H18N4O2S2/c1-3-13-10-11(16-4-5-19-12(16)15-10)20(17,18)14-7-9-6-8(9)2/h4-5,8-9,13-14H,3,6-7H2,1-2H3. The van der Waals surface area contributed by atoms with Crippen molar-refractivity contribution in [3.05, 3.63) is 11.6 Å². The zero-order valence-electron chi connectivity index (χ0n) is 11.5. The van der Waals surface area contributed by atoms with E-state index in [4.69, 9.17) is 0 Å². The van der Waals surface area contributed by atoms with Crippen molar-refractivity contribution in [2.75, 3.05) is 18.4 Å². The molecule has 0 saturated heterocycles. The van der Waals surface area contributed by atoms with Gasteiger partial charge in [0.25, 0.3) is 10.0 Å². The second kappa shape index (κ2) is 5.01. The van der Waals surface area contributed by atoms with Crippen LogP contribution in [-0.2, 0) is 10.0 Å². The molecule has 0 radical (unpaired) electrons. The molecule has 2 aromatic rings. The second-order valence-electron chi connectivity index (χ2n) is 5.18. The van der Waals surface area contributed by atoms with Gasteiger partial charge in [0, 0.05) is 24.7 Å². The molecule has 2 unspecified atom stereocenters. The minimum absolute atomic E-state index is 0.212. The van der Waals surface area contributed by atoms with Crippen LogP contribution >= 0.6 is 11.3 Å². The average Bonchev–Trinajstić information content (AvgIpc) is 2.77. The molecule has 1 aliphatic carbocycles. The summed E-state index contributed by atoms with van der Waals surface area (Å²) in [6.45, 7) is 5.20. The SMILES string of the molecule is CCNc1nc2sccn2c1S(=O)(=O)NCC1CC1C. The van der Waals surface area contributed by atoms with E-state index in [1.807, 2.05) is 12.3 Å². The van der Waals surface area contributed by atoms with Crippen LogP contribution in [0, 0.1) is 11.8 Å². The Morgan fingerprint density at radius 1 is 1.55 bits per heavy atom. The van der Waals surface area contributed by atoms with Gasteiger partial charge in [-0.3, -0.25) is 4.40 Å². The lowest BCUT2D eigenvalue weighted by Crippen LogP contribution is -2.28. The minimum atomic E-state index is -3.55. The van der Waals surface area contributed by atoms with E-state index in [9.17, 15) is 8.42 Å². The number of hydrogen-bond acceptors (Lipinski definition) is 5. The van der Waals surface area contributed by atoms with Crippen molar-refractivity contribution in [3.8, 4) is 0 Å². The van der Waals surface area contributed by atoms with Crippen LogP contribution in [0.15, 0.2) is 16.6 Å². The van der Waals surface area contributed by atoms with Crippen molar-refractivity contribution in [2.24, 2.45) is 11.8 Å². The van der Waals surface area contributed by atoms with Crippen LogP contribution in [0.3, 0.4) is 0 Å². The molecule has 1 saturated carbocycles. The van der Waals surface area contributed by atoms with Gasteiger partial charge in [-0.15, -0.1) is 11.3 Å². The summed E-state index contributed by atoms with van der Waals surface area (Å²) in [5.74, 6) is 1.52. The van der Waals surface area contributed by atoms with Crippen molar-refractivity contribution in [1.82, 2.24) is 14.1 Å². The van der Waals surface area contributed by atoms with Gasteiger partial charge in [-0.1, -0.05) is 6.92 Å².